The molecule has 0 saturated heterocycles. The van der Waals surface area contributed by atoms with Crippen molar-refractivity contribution in [1.29, 1.82) is 0 Å². The Morgan fingerprint density at radius 1 is 1.14 bits per heavy atom. The number of benzene rings is 2. The van der Waals surface area contributed by atoms with E-state index in [2.05, 4.69) is 15.4 Å². The minimum absolute atomic E-state index is 0.101. The first-order valence-corrected chi connectivity index (χ1v) is 10.2. The van der Waals surface area contributed by atoms with E-state index in [0.717, 1.165) is 18.4 Å². The van der Waals surface area contributed by atoms with Crippen molar-refractivity contribution in [3.05, 3.63) is 71.8 Å². The molecule has 1 amide bonds. The highest BCUT2D eigenvalue weighted by Gasteiger charge is 2.31. The van der Waals surface area contributed by atoms with Gasteiger partial charge in [-0.3, -0.25) is 4.79 Å². The Morgan fingerprint density at radius 2 is 1.83 bits per heavy atom. The molecule has 1 aromatic heterocycles. The number of anilines is 1. The SMILES string of the molecule is CS(=O)(=O)Cc1ccc(C(=O)Nc2cc(C(F)(F)F)ccc2-n2cncn2)cc1. The Kier molecular flexibility index (Phi) is 5.42. The summed E-state index contributed by atoms with van der Waals surface area (Å²) in [5, 5.41) is 6.33. The summed E-state index contributed by atoms with van der Waals surface area (Å²) in [6.45, 7) is 0. The van der Waals surface area contributed by atoms with E-state index in [0.29, 0.717) is 5.56 Å². The Morgan fingerprint density at radius 3 is 2.38 bits per heavy atom. The Labute approximate surface area is 164 Å². The van der Waals surface area contributed by atoms with Crippen LogP contribution in [0.15, 0.2) is 55.1 Å². The highest BCUT2D eigenvalue weighted by Crippen LogP contribution is 2.33. The first-order chi connectivity index (χ1) is 13.5. The van der Waals surface area contributed by atoms with Gasteiger partial charge >= 0.3 is 6.18 Å². The van der Waals surface area contributed by atoms with Gasteiger partial charge < -0.3 is 5.32 Å². The van der Waals surface area contributed by atoms with Crippen LogP contribution in [0.2, 0.25) is 0 Å². The number of nitrogens with one attached hydrogen (secondary N) is 1. The van der Waals surface area contributed by atoms with Crippen LogP contribution in [0, 0.1) is 0 Å². The third-order valence-electron chi connectivity index (χ3n) is 3.88. The lowest BCUT2D eigenvalue weighted by Crippen LogP contribution is -2.16. The average molecular weight is 424 g/mol. The van der Waals surface area contributed by atoms with Crippen LogP contribution in [0.5, 0.6) is 0 Å². The van der Waals surface area contributed by atoms with Crippen LogP contribution in [0.1, 0.15) is 21.5 Å². The number of aromatic nitrogens is 3. The second kappa shape index (κ2) is 7.66. The summed E-state index contributed by atoms with van der Waals surface area (Å²) in [7, 11) is -3.23. The van der Waals surface area contributed by atoms with Crippen LogP contribution in [-0.4, -0.2) is 35.3 Å². The molecule has 2 aromatic carbocycles. The zero-order valence-electron chi connectivity index (χ0n) is 15.0. The molecule has 1 N–H and O–H groups in total. The molecule has 3 rings (SSSR count). The van der Waals surface area contributed by atoms with Crippen molar-refractivity contribution in [2.45, 2.75) is 11.9 Å². The van der Waals surface area contributed by atoms with Gasteiger partial charge in [0.25, 0.3) is 5.91 Å². The predicted molar refractivity (Wildman–Crippen MR) is 99.3 cm³/mol. The van der Waals surface area contributed by atoms with Gasteiger partial charge in [-0.25, -0.2) is 18.1 Å². The van der Waals surface area contributed by atoms with Crippen molar-refractivity contribution in [3.8, 4) is 5.69 Å². The molecule has 7 nitrogen and oxygen atoms in total. The number of carbonyl (C=O) groups is 1. The summed E-state index contributed by atoms with van der Waals surface area (Å²) < 4.78 is 63.2. The van der Waals surface area contributed by atoms with Crippen LogP contribution < -0.4 is 5.32 Å². The topological polar surface area (TPSA) is 94.0 Å². The van der Waals surface area contributed by atoms with Gasteiger partial charge in [0, 0.05) is 11.8 Å². The molecule has 0 saturated carbocycles. The highest BCUT2D eigenvalue weighted by atomic mass is 32.2. The van der Waals surface area contributed by atoms with Crippen molar-refractivity contribution in [2.75, 3.05) is 11.6 Å². The fourth-order valence-corrected chi connectivity index (χ4v) is 3.39. The van der Waals surface area contributed by atoms with Gasteiger partial charge in [0.05, 0.1) is 22.7 Å². The monoisotopic (exact) mass is 424 g/mol. The third kappa shape index (κ3) is 5.19. The third-order valence-corrected chi connectivity index (χ3v) is 4.74. The van der Waals surface area contributed by atoms with Crippen LogP contribution in [0.3, 0.4) is 0 Å². The molecule has 11 heteroatoms. The molecule has 0 aliphatic carbocycles. The number of alkyl halides is 3. The summed E-state index contributed by atoms with van der Waals surface area (Å²) in [6.07, 6.45) is -0.997. The van der Waals surface area contributed by atoms with E-state index < -0.39 is 27.5 Å². The van der Waals surface area contributed by atoms with Crippen LogP contribution >= 0.6 is 0 Å². The molecule has 0 unspecified atom stereocenters. The van der Waals surface area contributed by atoms with Crippen molar-refractivity contribution in [2.24, 2.45) is 0 Å². The van der Waals surface area contributed by atoms with E-state index in [-0.39, 0.29) is 22.7 Å². The fraction of sp³-hybridized carbons (Fsp3) is 0.167. The molecule has 0 spiro atoms. The number of sulfone groups is 1. The normalized spacial score (nSPS) is 12.0. The number of rotatable bonds is 5. The molecule has 0 fully saturated rings. The summed E-state index contributed by atoms with van der Waals surface area (Å²) in [6, 6.07) is 8.62. The molecular formula is C18H15F3N4O3S. The summed E-state index contributed by atoms with van der Waals surface area (Å²) in [4.78, 5) is 16.3. The maximum atomic E-state index is 13.1. The van der Waals surface area contributed by atoms with E-state index in [1.807, 2.05) is 0 Å². The van der Waals surface area contributed by atoms with Gasteiger partial charge in [-0.1, -0.05) is 12.1 Å². The molecular weight excluding hydrogens is 409 g/mol. The van der Waals surface area contributed by atoms with Gasteiger partial charge in [-0.2, -0.15) is 18.3 Å². The molecule has 0 radical (unpaired) electrons. The summed E-state index contributed by atoms with van der Waals surface area (Å²) in [5.41, 5.74) is -0.177. The van der Waals surface area contributed by atoms with Crippen LogP contribution in [0.25, 0.3) is 5.69 Å². The van der Waals surface area contributed by atoms with Crippen molar-refractivity contribution >= 4 is 21.4 Å². The lowest BCUT2D eigenvalue weighted by molar-refractivity contribution is -0.137. The van der Waals surface area contributed by atoms with E-state index in [4.69, 9.17) is 0 Å². The minimum Gasteiger partial charge on any atom is -0.320 e. The fourth-order valence-electron chi connectivity index (χ4n) is 2.59. The highest BCUT2D eigenvalue weighted by molar-refractivity contribution is 7.89. The van der Waals surface area contributed by atoms with Gasteiger partial charge in [0.2, 0.25) is 0 Å². The van der Waals surface area contributed by atoms with Crippen LogP contribution in [0.4, 0.5) is 18.9 Å². The summed E-state index contributed by atoms with van der Waals surface area (Å²) in [5.74, 6) is -0.838. The molecule has 0 bridgehead atoms. The number of hydrogen-bond acceptors (Lipinski definition) is 5. The van der Waals surface area contributed by atoms with Crippen LogP contribution in [-0.2, 0) is 21.8 Å². The molecule has 0 aliphatic rings. The average Bonchev–Trinajstić information content (AvgIpc) is 3.14. The largest absolute Gasteiger partial charge is 0.416 e. The maximum Gasteiger partial charge on any atom is 0.416 e. The quantitative estimate of drug-likeness (QED) is 0.679. The van der Waals surface area contributed by atoms with E-state index >= 15 is 0 Å². The van der Waals surface area contributed by atoms with Crippen molar-refractivity contribution in [3.63, 3.8) is 0 Å². The number of carbonyl (C=O) groups excluding carboxylic acids is 1. The molecule has 3 aromatic rings. The standard InChI is InChI=1S/C18H15F3N4O3S/c1-29(27,28)9-12-2-4-13(5-3-12)17(26)24-15-8-14(18(19,20)21)6-7-16(15)25-11-22-10-23-25/h2-8,10-11H,9H2,1H3,(H,24,26). The molecule has 29 heavy (non-hydrogen) atoms. The molecule has 1 heterocycles. The van der Waals surface area contributed by atoms with Gasteiger partial charge in [-0.15, -0.1) is 0 Å². The van der Waals surface area contributed by atoms with Gasteiger partial charge in [0.1, 0.15) is 12.7 Å². The van der Waals surface area contributed by atoms with E-state index in [1.165, 1.54) is 47.7 Å². The number of nitrogens with zero attached hydrogens (tertiary/aromatic N) is 3. The predicted octanol–water partition coefficient (Wildman–Crippen LogP) is 3.08. The Bertz CT molecular complexity index is 1130. The minimum atomic E-state index is -4.59. The van der Waals surface area contributed by atoms with Gasteiger partial charge in [0.15, 0.2) is 9.84 Å². The molecule has 152 valence electrons. The number of amides is 1. The second-order valence-corrected chi connectivity index (χ2v) is 8.43. The lowest BCUT2D eigenvalue weighted by Gasteiger charge is -2.14. The van der Waals surface area contributed by atoms with Crippen molar-refractivity contribution < 1.29 is 26.4 Å². The number of hydrogen-bond donors (Lipinski definition) is 1. The maximum absolute atomic E-state index is 13.1. The molecule has 0 aliphatic heterocycles. The molecule has 0 atom stereocenters. The van der Waals surface area contributed by atoms with Gasteiger partial charge in [-0.05, 0) is 35.9 Å². The first-order valence-electron chi connectivity index (χ1n) is 8.17. The number of halogens is 3. The summed E-state index contributed by atoms with van der Waals surface area (Å²) >= 11 is 0. The zero-order chi connectivity index (χ0) is 21.2. The Hall–Kier alpha value is -3.21. The van der Waals surface area contributed by atoms with Crippen molar-refractivity contribution in [1.82, 2.24) is 14.8 Å². The lowest BCUT2D eigenvalue weighted by atomic mass is 10.1. The second-order valence-electron chi connectivity index (χ2n) is 6.29. The van der Waals surface area contributed by atoms with E-state index in [1.54, 1.807) is 0 Å². The first kappa shape index (κ1) is 20.5. The Balaban J connectivity index is 1.91. The zero-order valence-corrected chi connectivity index (χ0v) is 15.8. The van der Waals surface area contributed by atoms with E-state index in [9.17, 15) is 26.4 Å². The smallest absolute Gasteiger partial charge is 0.320 e.